The van der Waals surface area contributed by atoms with Crippen molar-refractivity contribution in [3.8, 4) is 0 Å². The molecule has 1 saturated heterocycles. The average molecular weight is 277 g/mol. The van der Waals surface area contributed by atoms with Gasteiger partial charge in [0.25, 0.3) is 0 Å². The second-order valence-corrected chi connectivity index (χ2v) is 6.85. The first-order valence-corrected chi connectivity index (χ1v) is 7.69. The summed E-state index contributed by atoms with van der Waals surface area (Å²) >= 11 is 1.20. The predicted octanol–water partition coefficient (Wildman–Crippen LogP) is 1.18. The third-order valence-corrected chi connectivity index (χ3v) is 5.39. The fraction of sp³-hybridized carbons (Fsp3) is 0.600. The zero-order valence-corrected chi connectivity index (χ0v) is 11.1. The van der Waals surface area contributed by atoms with Crippen LogP contribution in [0.2, 0.25) is 0 Å². The number of hydrogen-bond donors (Lipinski definition) is 1. The Morgan fingerprint density at radius 1 is 1.47 bits per heavy atom. The topological polar surface area (TPSA) is 64.6 Å². The Balaban J connectivity index is 1.86. The van der Waals surface area contributed by atoms with Gasteiger partial charge in [-0.25, -0.2) is 13.1 Å². The maximum Gasteiger partial charge on any atom is 0.250 e. The van der Waals surface area contributed by atoms with Crippen molar-refractivity contribution in [2.75, 3.05) is 19.8 Å². The highest BCUT2D eigenvalue weighted by atomic mass is 32.2. The molecule has 1 aromatic rings. The first-order valence-electron chi connectivity index (χ1n) is 5.33. The van der Waals surface area contributed by atoms with Gasteiger partial charge in [-0.3, -0.25) is 0 Å². The van der Waals surface area contributed by atoms with E-state index in [0.29, 0.717) is 30.4 Å². The molecule has 0 radical (unpaired) electrons. The summed E-state index contributed by atoms with van der Waals surface area (Å²) in [5, 5.41) is 1.74. The molecular weight excluding hydrogens is 262 g/mol. The summed E-state index contributed by atoms with van der Waals surface area (Å²) < 4.78 is 37.2. The quantitative estimate of drug-likeness (QED) is 0.877. The van der Waals surface area contributed by atoms with Crippen LogP contribution in [0.1, 0.15) is 13.3 Å². The Morgan fingerprint density at radius 3 is 2.76 bits per heavy atom. The van der Waals surface area contributed by atoms with E-state index in [4.69, 9.17) is 9.47 Å². The van der Waals surface area contributed by atoms with Crippen molar-refractivity contribution in [3.63, 3.8) is 0 Å². The van der Waals surface area contributed by atoms with Crippen LogP contribution in [-0.4, -0.2) is 34.0 Å². The third-order valence-electron chi connectivity index (χ3n) is 2.53. The maximum atomic E-state index is 11.8. The molecule has 0 aromatic carbocycles. The van der Waals surface area contributed by atoms with E-state index in [1.165, 1.54) is 11.3 Å². The van der Waals surface area contributed by atoms with Gasteiger partial charge in [0, 0.05) is 13.0 Å². The summed E-state index contributed by atoms with van der Waals surface area (Å²) in [6, 6.07) is 3.29. The standard InChI is InChI=1S/C10H15NO4S2/c1-10(14-6-7-15-10)4-5-11-17(12,13)9-3-2-8-16-9/h2-3,8,11H,4-7H2,1H3. The van der Waals surface area contributed by atoms with E-state index < -0.39 is 15.8 Å². The number of ether oxygens (including phenoxy) is 2. The molecule has 17 heavy (non-hydrogen) atoms. The van der Waals surface area contributed by atoms with Gasteiger partial charge in [0.15, 0.2) is 5.79 Å². The van der Waals surface area contributed by atoms with E-state index >= 15 is 0 Å². The van der Waals surface area contributed by atoms with Crippen LogP contribution in [0.25, 0.3) is 0 Å². The smallest absolute Gasteiger partial charge is 0.250 e. The number of rotatable bonds is 5. The molecule has 96 valence electrons. The third kappa shape index (κ3) is 3.26. The monoisotopic (exact) mass is 277 g/mol. The number of hydrogen-bond acceptors (Lipinski definition) is 5. The normalized spacial score (nSPS) is 19.6. The maximum absolute atomic E-state index is 11.8. The molecule has 2 heterocycles. The van der Waals surface area contributed by atoms with Crippen LogP contribution in [0.5, 0.6) is 0 Å². The van der Waals surface area contributed by atoms with Crippen molar-refractivity contribution < 1.29 is 17.9 Å². The lowest BCUT2D eigenvalue weighted by molar-refractivity contribution is -0.145. The SMILES string of the molecule is CC1(CCNS(=O)(=O)c2cccs2)OCCO1. The molecule has 2 rings (SSSR count). The minimum atomic E-state index is -3.38. The van der Waals surface area contributed by atoms with Crippen LogP contribution in [0.4, 0.5) is 0 Å². The van der Waals surface area contributed by atoms with Gasteiger partial charge in [0.1, 0.15) is 4.21 Å². The van der Waals surface area contributed by atoms with Gasteiger partial charge >= 0.3 is 0 Å². The van der Waals surface area contributed by atoms with Gasteiger partial charge < -0.3 is 9.47 Å². The highest BCUT2D eigenvalue weighted by Crippen LogP contribution is 2.22. The minimum absolute atomic E-state index is 0.302. The molecule has 1 fully saturated rings. The van der Waals surface area contributed by atoms with Crippen LogP contribution in [0.15, 0.2) is 21.7 Å². The molecule has 1 aliphatic heterocycles. The summed E-state index contributed by atoms with van der Waals surface area (Å²) in [6.45, 7) is 3.25. The van der Waals surface area contributed by atoms with E-state index in [9.17, 15) is 8.42 Å². The summed E-state index contributed by atoms with van der Waals surface area (Å²) in [5.74, 6) is -0.655. The van der Waals surface area contributed by atoms with Crippen LogP contribution >= 0.6 is 11.3 Å². The molecule has 1 N–H and O–H groups in total. The Kier molecular flexibility index (Phi) is 3.84. The Labute approximate surface area is 105 Å². The summed E-state index contributed by atoms with van der Waals surface area (Å²) in [4.78, 5) is 0. The molecule has 0 saturated carbocycles. The van der Waals surface area contributed by atoms with E-state index in [-0.39, 0.29) is 0 Å². The molecule has 0 unspecified atom stereocenters. The molecule has 0 aliphatic carbocycles. The zero-order valence-electron chi connectivity index (χ0n) is 9.51. The highest BCUT2D eigenvalue weighted by molar-refractivity contribution is 7.91. The lowest BCUT2D eigenvalue weighted by Gasteiger charge is -2.21. The van der Waals surface area contributed by atoms with Crippen LogP contribution in [0.3, 0.4) is 0 Å². The number of sulfonamides is 1. The van der Waals surface area contributed by atoms with Crippen molar-refractivity contribution in [2.45, 2.75) is 23.3 Å². The number of thiophene rings is 1. The number of nitrogens with one attached hydrogen (secondary N) is 1. The first-order chi connectivity index (χ1) is 8.02. The van der Waals surface area contributed by atoms with Crippen molar-refractivity contribution in [1.82, 2.24) is 4.72 Å². The molecule has 0 atom stereocenters. The van der Waals surface area contributed by atoms with Gasteiger partial charge in [-0.2, -0.15) is 0 Å². The van der Waals surface area contributed by atoms with Crippen molar-refractivity contribution >= 4 is 21.4 Å². The highest BCUT2D eigenvalue weighted by Gasteiger charge is 2.30. The minimum Gasteiger partial charge on any atom is -0.348 e. The lowest BCUT2D eigenvalue weighted by Crippen LogP contribution is -2.33. The van der Waals surface area contributed by atoms with Gasteiger partial charge in [0.2, 0.25) is 10.0 Å². The second kappa shape index (κ2) is 5.03. The molecule has 0 amide bonds. The van der Waals surface area contributed by atoms with Gasteiger partial charge in [-0.15, -0.1) is 11.3 Å². The molecule has 7 heteroatoms. The van der Waals surface area contributed by atoms with E-state index in [0.717, 1.165) is 0 Å². The van der Waals surface area contributed by atoms with Gasteiger partial charge in [-0.1, -0.05) is 6.07 Å². The Hall–Kier alpha value is -0.470. The molecule has 1 aromatic heterocycles. The van der Waals surface area contributed by atoms with E-state index in [1.807, 2.05) is 6.92 Å². The van der Waals surface area contributed by atoms with Crippen LogP contribution in [0, 0.1) is 0 Å². The average Bonchev–Trinajstić information content (AvgIpc) is 2.88. The van der Waals surface area contributed by atoms with Crippen molar-refractivity contribution in [1.29, 1.82) is 0 Å². The van der Waals surface area contributed by atoms with Gasteiger partial charge in [0.05, 0.1) is 13.2 Å². The largest absolute Gasteiger partial charge is 0.348 e. The first kappa shape index (κ1) is 13.0. The molecule has 0 bridgehead atoms. The van der Waals surface area contributed by atoms with Crippen molar-refractivity contribution in [3.05, 3.63) is 17.5 Å². The van der Waals surface area contributed by atoms with Crippen molar-refractivity contribution in [2.24, 2.45) is 0 Å². The predicted molar refractivity (Wildman–Crippen MR) is 64.4 cm³/mol. The second-order valence-electron chi connectivity index (χ2n) is 3.91. The Bertz CT molecular complexity index is 449. The van der Waals surface area contributed by atoms with Gasteiger partial charge in [-0.05, 0) is 18.4 Å². The molecule has 5 nitrogen and oxygen atoms in total. The molecular formula is C10H15NO4S2. The van der Waals surface area contributed by atoms with E-state index in [2.05, 4.69) is 4.72 Å². The zero-order chi connectivity index (χ0) is 12.4. The van der Waals surface area contributed by atoms with Crippen LogP contribution in [-0.2, 0) is 19.5 Å². The summed E-state index contributed by atoms with van der Waals surface area (Å²) in [7, 11) is -3.38. The summed E-state index contributed by atoms with van der Waals surface area (Å²) in [6.07, 6.45) is 0.498. The Morgan fingerprint density at radius 2 is 2.18 bits per heavy atom. The molecule has 0 spiro atoms. The van der Waals surface area contributed by atoms with Crippen LogP contribution < -0.4 is 4.72 Å². The molecule has 1 aliphatic rings. The fourth-order valence-corrected chi connectivity index (χ4v) is 3.67. The fourth-order valence-electron chi connectivity index (χ4n) is 1.60. The van der Waals surface area contributed by atoms with E-state index in [1.54, 1.807) is 17.5 Å². The summed E-state index contributed by atoms with van der Waals surface area (Å²) in [5.41, 5.74) is 0. The lowest BCUT2D eigenvalue weighted by atomic mass is 10.2.